The molecule has 0 aliphatic carbocycles. The van der Waals surface area contributed by atoms with E-state index in [1.807, 2.05) is 12.1 Å². The van der Waals surface area contributed by atoms with E-state index >= 15 is 0 Å². The summed E-state index contributed by atoms with van der Waals surface area (Å²) in [5, 5.41) is 16.0. The summed E-state index contributed by atoms with van der Waals surface area (Å²) in [5.74, 6) is -0.785. The van der Waals surface area contributed by atoms with Gasteiger partial charge in [0.25, 0.3) is 11.8 Å². The van der Waals surface area contributed by atoms with Gasteiger partial charge >= 0.3 is 0 Å². The third-order valence-electron chi connectivity index (χ3n) is 5.25. The molecule has 0 bridgehead atoms. The van der Waals surface area contributed by atoms with Gasteiger partial charge in [-0.1, -0.05) is 23.7 Å². The van der Waals surface area contributed by atoms with Crippen molar-refractivity contribution >= 4 is 45.8 Å². The number of carbonyl (C=O) groups is 2. The lowest BCUT2D eigenvalue weighted by Gasteiger charge is -2.16. The first-order valence-electron chi connectivity index (χ1n) is 10.1. The van der Waals surface area contributed by atoms with Crippen molar-refractivity contribution in [2.24, 2.45) is 0 Å². The monoisotopic (exact) mass is 457 g/mol. The number of aromatic amines is 1. The van der Waals surface area contributed by atoms with Crippen molar-refractivity contribution in [3.63, 3.8) is 0 Å². The van der Waals surface area contributed by atoms with Crippen molar-refractivity contribution in [1.29, 1.82) is 5.26 Å². The Morgan fingerprint density at radius 2 is 1.82 bits per heavy atom. The van der Waals surface area contributed by atoms with Crippen molar-refractivity contribution in [3.05, 3.63) is 88.7 Å². The molecule has 0 atom stereocenters. The first kappa shape index (κ1) is 22.1. The smallest absolute Gasteiger partial charge is 0.257 e. The van der Waals surface area contributed by atoms with Gasteiger partial charge in [0.05, 0.1) is 34.0 Å². The third-order valence-corrected chi connectivity index (χ3v) is 5.58. The summed E-state index contributed by atoms with van der Waals surface area (Å²) < 4.78 is 0. The number of nitrogens with zero attached hydrogens (tertiary/aromatic N) is 2. The lowest BCUT2D eigenvalue weighted by atomic mass is 9.85. The maximum Gasteiger partial charge on any atom is 0.257 e. The van der Waals surface area contributed by atoms with Gasteiger partial charge in [0, 0.05) is 22.8 Å². The fourth-order valence-electron chi connectivity index (χ4n) is 3.30. The molecule has 33 heavy (non-hydrogen) atoms. The summed E-state index contributed by atoms with van der Waals surface area (Å²) in [6.07, 6.45) is 3.31. The van der Waals surface area contributed by atoms with E-state index in [0.29, 0.717) is 16.9 Å². The number of hydrogen-bond acceptors (Lipinski definition) is 4. The van der Waals surface area contributed by atoms with E-state index < -0.39 is 11.3 Å². The van der Waals surface area contributed by atoms with Gasteiger partial charge in [-0.05, 0) is 61.9 Å². The number of rotatable bonds is 5. The normalized spacial score (nSPS) is 11.1. The molecule has 0 spiro atoms. The molecule has 0 unspecified atom stereocenters. The molecule has 0 saturated heterocycles. The number of benzene rings is 2. The Bertz CT molecular complexity index is 1420. The van der Waals surface area contributed by atoms with Gasteiger partial charge in [0.1, 0.15) is 5.65 Å². The average Bonchev–Trinajstić information content (AvgIpc) is 3.28. The molecular formula is C25H20ClN5O2. The van der Waals surface area contributed by atoms with Crippen LogP contribution >= 0.6 is 11.6 Å². The average molecular weight is 458 g/mol. The van der Waals surface area contributed by atoms with Crippen LogP contribution in [0.2, 0.25) is 5.02 Å². The Morgan fingerprint density at radius 3 is 2.61 bits per heavy atom. The highest BCUT2D eigenvalue weighted by molar-refractivity contribution is 6.34. The van der Waals surface area contributed by atoms with E-state index in [9.17, 15) is 14.9 Å². The number of halogens is 1. The van der Waals surface area contributed by atoms with Gasteiger partial charge in [0.15, 0.2) is 0 Å². The van der Waals surface area contributed by atoms with E-state index in [1.54, 1.807) is 62.6 Å². The summed E-state index contributed by atoms with van der Waals surface area (Å²) >= 11 is 6.25. The summed E-state index contributed by atoms with van der Waals surface area (Å²) in [6.45, 7) is 3.58. The molecule has 164 valence electrons. The Hall–Kier alpha value is -4.15. The van der Waals surface area contributed by atoms with Crippen molar-refractivity contribution in [2.75, 3.05) is 10.6 Å². The van der Waals surface area contributed by atoms with Crippen molar-refractivity contribution in [2.45, 2.75) is 19.3 Å². The molecule has 2 aromatic carbocycles. The zero-order valence-corrected chi connectivity index (χ0v) is 18.7. The zero-order chi connectivity index (χ0) is 23.6. The molecule has 0 aliphatic heterocycles. The number of amides is 2. The van der Waals surface area contributed by atoms with Crippen LogP contribution in [0.5, 0.6) is 0 Å². The number of pyridine rings is 1. The molecule has 2 aromatic heterocycles. The lowest BCUT2D eigenvalue weighted by Crippen LogP contribution is -2.17. The fourth-order valence-corrected chi connectivity index (χ4v) is 3.50. The Labute approximate surface area is 195 Å². The van der Waals surface area contributed by atoms with Gasteiger partial charge in [-0.2, -0.15) is 5.26 Å². The van der Waals surface area contributed by atoms with Gasteiger partial charge in [0.2, 0.25) is 0 Å². The summed E-state index contributed by atoms with van der Waals surface area (Å²) in [7, 11) is 0. The maximum atomic E-state index is 12.8. The predicted octanol–water partition coefficient (Wildman–Crippen LogP) is 5.52. The second-order valence-electron chi connectivity index (χ2n) is 8.06. The second-order valence-corrected chi connectivity index (χ2v) is 8.47. The molecule has 8 heteroatoms. The Balaban J connectivity index is 1.53. The number of hydrogen-bond donors (Lipinski definition) is 3. The SMILES string of the molecule is CC(C)(C#N)c1cccc(C(=O)Nc2ccc(Cl)c(C(=O)Nc3cnc4[nH]ccc4c3)c2)c1. The van der Waals surface area contributed by atoms with Crippen molar-refractivity contribution < 1.29 is 9.59 Å². The Morgan fingerprint density at radius 1 is 1.03 bits per heavy atom. The molecule has 2 amide bonds. The quantitative estimate of drug-likeness (QED) is 0.366. The molecule has 0 radical (unpaired) electrons. The van der Waals surface area contributed by atoms with Gasteiger partial charge in [-0.3, -0.25) is 9.59 Å². The fraction of sp³-hybridized carbons (Fsp3) is 0.120. The molecular weight excluding hydrogens is 438 g/mol. The largest absolute Gasteiger partial charge is 0.346 e. The van der Waals surface area contributed by atoms with Crippen LogP contribution in [0.25, 0.3) is 11.0 Å². The maximum absolute atomic E-state index is 12.8. The summed E-state index contributed by atoms with van der Waals surface area (Å²) in [5.41, 5.74) is 2.29. The summed E-state index contributed by atoms with van der Waals surface area (Å²) in [4.78, 5) is 32.9. The third kappa shape index (κ3) is 4.71. The van der Waals surface area contributed by atoms with Gasteiger partial charge in [-0.15, -0.1) is 0 Å². The first-order chi connectivity index (χ1) is 15.8. The highest BCUT2D eigenvalue weighted by Gasteiger charge is 2.21. The molecule has 3 N–H and O–H groups in total. The van der Waals surface area contributed by atoms with E-state index in [2.05, 4.69) is 26.7 Å². The van der Waals surface area contributed by atoms with E-state index in [0.717, 1.165) is 16.6 Å². The number of fused-ring (bicyclic) bond motifs is 1. The molecule has 4 rings (SSSR count). The minimum atomic E-state index is -0.722. The van der Waals surface area contributed by atoms with E-state index in [4.69, 9.17) is 11.6 Å². The molecule has 2 heterocycles. The zero-order valence-electron chi connectivity index (χ0n) is 17.9. The number of aromatic nitrogens is 2. The number of H-pyrrole nitrogens is 1. The standard InChI is InChI=1S/C25H20ClN5O2/c1-25(2,14-27)17-5-3-4-16(10-17)23(32)30-18-6-7-21(26)20(12-18)24(33)31-19-11-15-8-9-28-22(15)29-13-19/h3-13H,1-2H3,(H,28,29)(H,30,32)(H,31,33). The number of anilines is 2. The number of nitriles is 1. The highest BCUT2D eigenvalue weighted by Crippen LogP contribution is 2.25. The van der Waals surface area contributed by atoms with E-state index in [-0.39, 0.29) is 16.5 Å². The van der Waals surface area contributed by atoms with Crippen LogP contribution in [0.3, 0.4) is 0 Å². The Kier molecular flexibility index (Phi) is 5.86. The molecule has 0 aliphatic rings. The predicted molar refractivity (Wildman–Crippen MR) is 129 cm³/mol. The summed E-state index contributed by atoms with van der Waals surface area (Å²) in [6, 6.07) is 17.5. The van der Waals surface area contributed by atoms with Crippen LogP contribution in [0.4, 0.5) is 11.4 Å². The minimum Gasteiger partial charge on any atom is -0.346 e. The lowest BCUT2D eigenvalue weighted by molar-refractivity contribution is 0.101. The van der Waals surface area contributed by atoms with Gasteiger partial charge < -0.3 is 15.6 Å². The van der Waals surface area contributed by atoms with Crippen LogP contribution in [-0.2, 0) is 5.41 Å². The van der Waals surface area contributed by atoms with Gasteiger partial charge in [-0.25, -0.2) is 4.98 Å². The first-order valence-corrected chi connectivity index (χ1v) is 10.5. The highest BCUT2D eigenvalue weighted by atomic mass is 35.5. The van der Waals surface area contributed by atoms with E-state index in [1.165, 1.54) is 6.07 Å². The molecule has 0 fully saturated rings. The van der Waals surface area contributed by atoms with Crippen molar-refractivity contribution in [1.82, 2.24) is 9.97 Å². The molecule has 7 nitrogen and oxygen atoms in total. The molecule has 4 aromatic rings. The van der Waals surface area contributed by atoms with Crippen LogP contribution in [0.15, 0.2) is 67.0 Å². The van der Waals surface area contributed by atoms with Crippen LogP contribution in [-0.4, -0.2) is 21.8 Å². The van der Waals surface area contributed by atoms with Crippen LogP contribution < -0.4 is 10.6 Å². The van der Waals surface area contributed by atoms with Crippen molar-refractivity contribution in [3.8, 4) is 6.07 Å². The number of nitrogens with one attached hydrogen (secondary N) is 3. The van der Waals surface area contributed by atoms with Crippen LogP contribution in [0.1, 0.15) is 40.1 Å². The minimum absolute atomic E-state index is 0.211. The topological polar surface area (TPSA) is 111 Å². The van der Waals surface area contributed by atoms with Crippen LogP contribution in [0, 0.1) is 11.3 Å². The molecule has 0 saturated carbocycles. The number of carbonyl (C=O) groups excluding carboxylic acids is 2. The second kappa shape index (κ2) is 8.77.